The van der Waals surface area contributed by atoms with Gasteiger partial charge in [-0.1, -0.05) is 33.5 Å². The van der Waals surface area contributed by atoms with E-state index >= 15 is 0 Å². The van der Waals surface area contributed by atoms with Gasteiger partial charge in [0.15, 0.2) is 5.90 Å². The van der Waals surface area contributed by atoms with Crippen LogP contribution in [0.2, 0.25) is 19.6 Å². The zero-order chi connectivity index (χ0) is 12.6. The molecule has 0 spiro atoms. The number of hydrogen-bond acceptors (Lipinski definition) is 2. The van der Waals surface area contributed by atoms with Gasteiger partial charge in [0.2, 0.25) is 0 Å². The second-order valence-electron chi connectivity index (χ2n) is 6.16. The Balaban J connectivity index is 2.10. The van der Waals surface area contributed by atoms with Crippen LogP contribution in [-0.4, -0.2) is 26.6 Å². The number of hydrogen-bond donors (Lipinski definition) is 0. The third-order valence-corrected chi connectivity index (χ3v) is 5.35. The van der Waals surface area contributed by atoms with Crippen molar-refractivity contribution in [1.82, 2.24) is 0 Å². The molecule has 0 amide bonds. The molecule has 17 heavy (non-hydrogen) atoms. The number of nitrogens with zero attached hydrogens (tertiary/aromatic N) is 1. The van der Waals surface area contributed by atoms with Crippen LogP contribution in [0.4, 0.5) is 0 Å². The van der Waals surface area contributed by atoms with E-state index in [4.69, 9.17) is 9.73 Å². The molecule has 0 aromatic carbocycles. The van der Waals surface area contributed by atoms with Crippen molar-refractivity contribution in [3.8, 4) is 0 Å². The minimum atomic E-state index is -1.30. The lowest BCUT2D eigenvalue weighted by atomic mass is 10.1. The first-order valence-electron chi connectivity index (χ1n) is 6.36. The molecule has 1 aliphatic heterocycles. The molecule has 1 saturated carbocycles. The van der Waals surface area contributed by atoms with Gasteiger partial charge in [0, 0.05) is 0 Å². The van der Waals surface area contributed by atoms with Crippen LogP contribution in [0.3, 0.4) is 0 Å². The van der Waals surface area contributed by atoms with Gasteiger partial charge >= 0.3 is 0 Å². The van der Waals surface area contributed by atoms with E-state index in [0.29, 0.717) is 12.0 Å². The summed E-state index contributed by atoms with van der Waals surface area (Å²) in [6, 6.07) is 0.328. The van der Waals surface area contributed by atoms with Crippen molar-refractivity contribution >= 4 is 14.0 Å². The van der Waals surface area contributed by atoms with E-state index in [0.717, 1.165) is 12.5 Å². The first-order chi connectivity index (χ1) is 7.89. The van der Waals surface area contributed by atoms with E-state index in [1.54, 1.807) is 0 Å². The van der Waals surface area contributed by atoms with E-state index in [2.05, 4.69) is 52.8 Å². The zero-order valence-corrected chi connectivity index (χ0v) is 12.4. The van der Waals surface area contributed by atoms with Crippen molar-refractivity contribution in [2.45, 2.75) is 39.5 Å². The van der Waals surface area contributed by atoms with Crippen LogP contribution in [0, 0.1) is 36.6 Å². The summed E-state index contributed by atoms with van der Waals surface area (Å²) >= 11 is 0. The lowest BCUT2D eigenvalue weighted by Crippen LogP contribution is -2.35. The van der Waals surface area contributed by atoms with E-state index in [9.17, 15) is 0 Å². The molecule has 0 N–H and O–H groups in total. The van der Waals surface area contributed by atoms with Crippen molar-refractivity contribution in [1.29, 1.82) is 0 Å². The molecule has 93 valence electrons. The fourth-order valence-electron chi connectivity index (χ4n) is 2.14. The van der Waals surface area contributed by atoms with Crippen LogP contribution >= 0.6 is 0 Å². The van der Waals surface area contributed by atoms with Crippen LogP contribution in [0.15, 0.2) is 4.99 Å². The standard InChI is InChI=1S/C14H22NOSi/c1-10(2)12-9-16-14(15-12)11-7-6-8-13(11)17(3,4)5/h6-8,10,12H,9H2,1-5H3/t12-/m1/s1. The maximum atomic E-state index is 5.78. The summed E-state index contributed by atoms with van der Waals surface area (Å²) < 4.78 is 5.78. The highest BCUT2D eigenvalue weighted by molar-refractivity contribution is 6.83. The van der Waals surface area contributed by atoms with Gasteiger partial charge in [-0.3, -0.25) is 0 Å². The van der Waals surface area contributed by atoms with Crippen LogP contribution in [0.25, 0.3) is 0 Å². The molecule has 2 aliphatic rings. The summed E-state index contributed by atoms with van der Waals surface area (Å²) in [5.41, 5.74) is 1.46. The summed E-state index contributed by atoms with van der Waals surface area (Å²) in [6.45, 7) is 12.2. The molecule has 3 heteroatoms. The SMILES string of the molecule is CC(C)[C@H]1COC([C]2[CH][CH][CH][C]2[Si](C)(C)C)=N1. The molecule has 0 saturated heterocycles. The molecule has 0 aromatic heterocycles. The highest BCUT2D eigenvalue weighted by Crippen LogP contribution is 2.41. The van der Waals surface area contributed by atoms with Gasteiger partial charge in [-0.15, -0.1) is 0 Å². The lowest BCUT2D eigenvalue weighted by Gasteiger charge is -2.28. The van der Waals surface area contributed by atoms with Crippen LogP contribution < -0.4 is 0 Å². The van der Waals surface area contributed by atoms with Gasteiger partial charge in [-0.05, 0) is 30.7 Å². The predicted molar refractivity (Wildman–Crippen MR) is 74.7 cm³/mol. The third kappa shape index (κ3) is 2.75. The topological polar surface area (TPSA) is 21.6 Å². The van der Waals surface area contributed by atoms with E-state index in [1.807, 2.05) is 0 Å². The Morgan fingerprint density at radius 3 is 2.53 bits per heavy atom. The van der Waals surface area contributed by atoms with Gasteiger partial charge in [-0.2, -0.15) is 0 Å². The van der Waals surface area contributed by atoms with Gasteiger partial charge < -0.3 is 4.74 Å². The Kier molecular flexibility index (Phi) is 3.67. The van der Waals surface area contributed by atoms with Crippen LogP contribution in [0.5, 0.6) is 0 Å². The number of rotatable bonds is 3. The molecule has 0 unspecified atom stereocenters. The molecule has 1 aliphatic carbocycles. The second-order valence-corrected chi connectivity index (χ2v) is 11.2. The molecular formula is C14H22NOSi. The van der Waals surface area contributed by atoms with Gasteiger partial charge in [0.1, 0.15) is 6.61 Å². The Morgan fingerprint density at radius 2 is 2.00 bits per heavy atom. The Hall–Kier alpha value is -0.313. The first kappa shape index (κ1) is 13.1. The Labute approximate surface area is 107 Å². The molecule has 0 bridgehead atoms. The molecule has 2 rings (SSSR count). The summed E-state index contributed by atoms with van der Waals surface area (Å²) in [5.74, 6) is 2.65. The first-order valence-corrected chi connectivity index (χ1v) is 9.86. The molecule has 1 atom stereocenters. The number of ether oxygens (including phenoxy) is 1. The second kappa shape index (κ2) is 4.75. The summed E-state index contributed by atoms with van der Waals surface area (Å²) in [7, 11) is -1.30. The largest absolute Gasteiger partial charge is 0.478 e. The van der Waals surface area contributed by atoms with Crippen molar-refractivity contribution in [2.75, 3.05) is 6.61 Å². The fourth-order valence-corrected chi connectivity index (χ4v) is 3.73. The summed E-state index contributed by atoms with van der Waals surface area (Å²) in [5, 5.41) is 0. The minimum Gasteiger partial charge on any atom is -0.478 e. The average molecular weight is 248 g/mol. The highest BCUT2D eigenvalue weighted by Gasteiger charge is 2.43. The average Bonchev–Trinajstić information content (AvgIpc) is 2.85. The quantitative estimate of drug-likeness (QED) is 0.703. The highest BCUT2D eigenvalue weighted by atomic mass is 28.3. The van der Waals surface area contributed by atoms with Crippen LogP contribution in [-0.2, 0) is 4.74 Å². The molecule has 0 aromatic rings. The molecule has 2 nitrogen and oxygen atoms in total. The summed E-state index contributed by atoms with van der Waals surface area (Å²) in [4.78, 5) is 4.72. The molecular weight excluding hydrogens is 226 g/mol. The molecule has 1 fully saturated rings. The normalized spacial score (nSPS) is 27.6. The fraction of sp³-hybridized carbons (Fsp3) is 0.571. The van der Waals surface area contributed by atoms with Crippen molar-refractivity contribution in [2.24, 2.45) is 10.9 Å². The molecule has 1 heterocycles. The van der Waals surface area contributed by atoms with E-state index in [1.165, 1.54) is 11.5 Å². The molecule has 5 radical (unpaired) electrons. The lowest BCUT2D eigenvalue weighted by molar-refractivity contribution is 0.289. The maximum absolute atomic E-state index is 5.78. The number of aliphatic imine (C=N–C) groups is 1. The van der Waals surface area contributed by atoms with Gasteiger partial charge in [0.05, 0.1) is 20.0 Å². The van der Waals surface area contributed by atoms with Crippen molar-refractivity contribution in [3.63, 3.8) is 0 Å². The summed E-state index contributed by atoms with van der Waals surface area (Å²) in [6.07, 6.45) is 6.50. The van der Waals surface area contributed by atoms with Crippen molar-refractivity contribution < 1.29 is 4.74 Å². The van der Waals surface area contributed by atoms with Gasteiger partial charge in [-0.25, -0.2) is 4.99 Å². The Bertz CT molecular complexity index is 306. The van der Waals surface area contributed by atoms with E-state index in [-0.39, 0.29) is 0 Å². The monoisotopic (exact) mass is 248 g/mol. The predicted octanol–water partition coefficient (Wildman–Crippen LogP) is 3.09. The maximum Gasteiger partial charge on any atom is 0.191 e. The minimum absolute atomic E-state index is 0.328. The zero-order valence-electron chi connectivity index (χ0n) is 11.4. The smallest absolute Gasteiger partial charge is 0.191 e. The Morgan fingerprint density at radius 1 is 1.29 bits per heavy atom. The van der Waals surface area contributed by atoms with Crippen molar-refractivity contribution in [3.05, 3.63) is 30.7 Å². The van der Waals surface area contributed by atoms with Crippen LogP contribution in [0.1, 0.15) is 13.8 Å². The third-order valence-electron chi connectivity index (χ3n) is 3.30. The van der Waals surface area contributed by atoms with Gasteiger partial charge in [0.25, 0.3) is 0 Å². The van der Waals surface area contributed by atoms with E-state index < -0.39 is 8.07 Å².